The molecule has 7 nitrogen and oxygen atoms in total. The third-order valence-corrected chi connectivity index (χ3v) is 3.61. The number of benzene rings is 1. The molecular weight excluding hydrogens is 322 g/mol. The summed E-state index contributed by atoms with van der Waals surface area (Å²) in [5.74, 6) is 1.18. The van der Waals surface area contributed by atoms with E-state index in [1.165, 1.54) is 4.57 Å². The quantitative estimate of drug-likeness (QED) is 0.821. The summed E-state index contributed by atoms with van der Waals surface area (Å²) in [6, 6.07) is 8.77. The molecule has 0 spiro atoms. The SMILES string of the molecule is COc1ccc(OC[C@@H](C)NC(=O)Cn2c(C)cc(C)nc2=O)cc1. The van der Waals surface area contributed by atoms with Crippen molar-refractivity contribution in [1.82, 2.24) is 14.9 Å². The Hall–Kier alpha value is -2.83. The molecule has 1 heterocycles. The van der Waals surface area contributed by atoms with Crippen LogP contribution in [0, 0.1) is 13.8 Å². The number of rotatable bonds is 7. The van der Waals surface area contributed by atoms with Crippen molar-refractivity contribution in [2.75, 3.05) is 13.7 Å². The maximum Gasteiger partial charge on any atom is 0.348 e. The Morgan fingerprint density at radius 3 is 2.48 bits per heavy atom. The van der Waals surface area contributed by atoms with E-state index in [0.29, 0.717) is 23.7 Å². The number of aromatic nitrogens is 2. The van der Waals surface area contributed by atoms with Crippen LogP contribution in [0.5, 0.6) is 11.5 Å². The molecule has 2 aromatic rings. The molecule has 0 aliphatic carbocycles. The van der Waals surface area contributed by atoms with Crippen LogP contribution in [0.15, 0.2) is 35.1 Å². The zero-order valence-corrected chi connectivity index (χ0v) is 14.9. The largest absolute Gasteiger partial charge is 0.497 e. The van der Waals surface area contributed by atoms with Crippen LogP contribution in [0.25, 0.3) is 0 Å². The number of hydrogen-bond acceptors (Lipinski definition) is 5. The molecule has 1 atom stereocenters. The number of carbonyl (C=O) groups is 1. The van der Waals surface area contributed by atoms with Gasteiger partial charge in [-0.3, -0.25) is 9.36 Å². The van der Waals surface area contributed by atoms with Gasteiger partial charge in [0.1, 0.15) is 24.7 Å². The molecule has 0 aliphatic heterocycles. The van der Waals surface area contributed by atoms with Crippen molar-refractivity contribution in [2.45, 2.75) is 33.4 Å². The maximum atomic E-state index is 12.1. The van der Waals surface area contributed by atoms with Crippen molar-refractivity contribution in [3.8, 4) is 11.5 Å². The number of methoxy groups -OCH3 is 1. The Balaban J connectivity index is 1.86. The van der Waals surface area contributed by atoms with E-state index in [-0.39, 0.29) is 18.5 Å². The molecule has 25 heavy (non-hydrogen) atoms. The smallest absolute Gasteiger partial charge is 0.348 e. The van der Waals surface area contributed by atoms with Gasteiger partial charge in [-0.2, -0.15) is 4.98 Å². The highest BCUT2D eigenvalue weighted by atomic mass is 16.5. The number of carbonyl (C=O) groups excluding carboxylic acids is 1. The van der Waals surface area contributed by atoms with Crippen molar-refractivity contribution in [1.29, 1.82) is 0 Å². The van der Waals surface area contributed by atoms with Crippen molar-refractivity contribution in [2.24, 2.45) is 0 Å². The molecule has 1 aromatic carbocycles. The molecule has 1 aromatic heterocycles. The molecule has 0 saturated carbocycles. The van der Waals surface area contributed by atoms with E-state index in [1.807, 2.05) is 6.92 Å². The number of nitrogens with zero attached hydrogens (tertiary/aromatic N) is 2. The van der Waals surface area contributed by atoms with Crippen LogP contribution in [-0.2, 0) is 11.3 Å². The van der Waals surface area contributed by atoms with Crippen LogP contribution >= 0.6 is 0 Å². The molecule has 0 radical (unpaired) electrons. The number of amides is 1. The Morgan fingerprint density at radius 1 is 1.24 bits per heavy atom. The lowest BCUT2D eigenvalue weighted by Crippen LogP contribution is -2.41. The normalized spacial score (nSPS) is 11.7. The lowest BCUT2D eigenvalue weighted by Gasteiger charge is -2.16. The second-order valence-electron chi connectivity index (χ2n) is 5.86. The van der Waals surface area contributed by atoms with Gasteiger partial charge in [0, 0.05) is 11.4 Å². The zero-order chi connectivity index (χ0) is 18.4. The Morgan fingerprint density at radius 2 is 1.88 bits per heavy atom. The van der Waals surface area contributed by atoms with Gasteiger partial charge in [0.25, 0.3) is 0 Å². The van der Waals surface area contributed by atoms with Gasteiger partial charge in [-0.1, -0.05) is 0 Å². The van der Waals surface area contributed by atoms with Gasteiger partial charge in [-0.15, -0.1) is 0 Å². The lowest BCUT2D eigenvalue weighted by molar-refractivity contribution is -0.122. The van der Waals surface area contributed by atoms with Crippen LogP contribution in [0.4, 0.5) is 0 Å². The van der Waals surface area contributed by atoms with E-state index in [0.717, 1.165) is 5.75 Å². The summed E-state index contributed by atoms with van der Waals surface area (Å²) in [6.45, 7) is 5.62. The van der Waals surface area contributed by atoms with Crippen LogP contribution in [-0.4, -0.2) is 35.2 Å². The van der Waals surface area contributed by atoms with Crippen molar-refractivity contribution < 1.29 is 14.3 Å². The third-order valence-electron chi connectivity index (χ3n) is 3.61. The Bertz CT molecular complexity index is 784. The number of hydrogen-bond donors (Lipinski definition) is 1. The third kappa shape index (κ3) is 5.34. The number of ether oxygens (including phenoxy) is 2. The van der Waals surface area contributed by atoms with E-state index in [9.17, 15) is 9.59 Å². The van der Waals surface area contributed by atoms with Crippen molar-refractivity contribution >= 4 is 5.91 Å². The molecule has 1 N–H and O–H groups in total. The van der Waals surface area contributed by atoms with Crippen LogP contribution in [0.2, 0.25) is 0 Å². The Labute approximate surface area is 146 Å². The molecule has 2 rings (SSSR count). The first-order valence-corrected chi connectivity index (χ1v) is 8.00. The Kier molecular flexibility index (Phi) is 6.16. The highest BCUT2D eigenvalue weighted by Crippen LogP contribution is 2.17. The standard InChI is InChI=1S/C18H23N3O4/c1-12-9-14(3)21(18(23)20-12)10-17(22)19-13(2)11-25-16-7-5-15(24-4)6-8-16/h5-9,13H,10-11H2,1-4H3,(H,19,22)/t13-/m1/s1. The van der Waals surface area contributed by atoms with Crippen molar-refractivity contribution in [3.05, 3.63) is 52.2 Å². The fourth-order valence-electron chi connectivity index (χ4n) is 2.37. The summed E-state index contributed by atoms with van der Waals surface area (Å²) < 4.78 is 12.1. The second kappa shape index (κ2) is 8.32. The topological polar surface area (TPSA) is 82.4 Å². The van der Waals surface area contributed by atoms with Crippen LogP contribution in [0.3, 0.4) is 0 Å². The molecule has 134 valence electrons. The highest BCUT2D eigenvalue weighted by molar-refractivity contribution is 5.76. The summed E-state index contributed by atoms with van der Waals surface area (Å²) in [5.41, 5.74) is 0.921. The monoisotopic (exact) mass is 345 g/mol. The number of nitrogens with one attached hydrogen (secondary N) is 1. The minimum Gasteiger partial charge on any atom is -0.497 e. The fourth-order valence-corrected chi connectivity index (χ4v) is 2.37. The predicted octanol–water partition coefficient (Wildman–Crippen LogP) is 1.45. The fraction of sp³-hybridized carbons (Fsp3) is 0.389. The zero-order valence-electron chi connectivity index (χ0n) is 14.9. The molecule has 0 bridgehead atoms. The molecule has 0 fully saturated rings. The lowest BCUT2D eigenvalue weighted by atomic mass is 10.3. The number of aryl methyl sites for hydroxylation is 2. The van der Waals surface area contributed by atoms with Crippen molar-refractivity contribution in [3.63, 3.8) is 0 Å². The summed E-state index contributed by atoms with van der Waals surface area (Å²) in [6.07, 6.45) is 0. The van der Waals surface area contributed by atoms with Gasteiger partial charge >= 0.3 is 5.69 Å². The van der Waals surface area contributed by atoms with E-state index < -0.39 is 5.69 Å². The van der Waals surface area contributed by atoms with Gasteiger partial charge in [0.15, 0.2) is 0 Å². The van der Waals surface area contributed by atoms with E-state index in [4.69, 9.17) is 9.47 Å². The average molecular weight is 345 g/mol. The second-order valence-corrected chi connectivity index (χ2v) is 5.86. The average Bonchev–Trinajstić information content (AvgIpc) is 2.56. The van der Waals surface area contributed by atoms with Crippen LogP contribution < -0.4 is 20.5 Å². The summed E-state index contributed by atoms with van der Waals surface area (Å²) in [7, 11) is 1.60. The highest BCUT2D eigenvalue weighted by Gasteiger charge is 2.12. The predicted molar refractivity (Wildman–Crippen MR) is 94.1 cm³/mol. The maximum absolute atomic E-state index is 12.1. The summed E-state index contributed by atoms with van der Waals surface area (Å²) >= 11 is 0. The van der Waals surface area contributed by atoms with E-state index in [2.05, 4.69) is 10.3 Å². The molecule has 7 heteroatoms. The molecule has 1 amide bonds. The van der Waals surface area contributed by atoms with Gasteiger partial charge in [0.2, 0.25) is 5.91 Å². The van der Waals surface area contributed by atoms with E-state index in [1.54, 1.807) is 51.3 Å². The minimum absolute atomic E-state index is 0.0647. The summed E-state index contributed by atoms with van der Waals surface area (Å²) in [5, 5.41) is 2.81. The molecule has 0 unspecified atom stereocenters. The first kappa shape index (κ1) is 18.5. The molecule has 0 aliphatic rings. The van der Waals surface area contributed by atoms with Gasteiger partial charge in [0.05, 0.1) is 13.2 Å². The van der Waals surface area contributed by atoms with Gasteiger partial charge < -0.3 is 14.8 Å². The van der Waals surface area contributed by atoms with Gasteiger partial charge in [-0.05, 0) is 51.1 Å². The summed E-state index contributed by atoms with van der Waals surface area (Å²) in [4.78, 5) is 27.9. The van der Waals surface area contributed by atoms with Gasteiger partial charge in [-0.25, -0.2) is 4.79 Å². The first-order valence-electron chi connectivity index (χ1n) is 8.00. The molecule has 0 saturated heterocycles. The minimum atomic E-state index is -0.421. The van der Waals surface area contributed by atoms with E-state index >= 15 is 0 Å². The first-order chi connectivity index (χ1) is 11.9. The van der Waals surface area contributed by atoms with Crippen LogP contribution in [0.1, 0.15) is 18.3 Å². The molecular formula is C18H23N3O4.